The molecule has 2 amide bonds. The first-order valence-electron chi connectivity index (χ1n) is 7.59. The van der Waals surface area contributed by atoms with E-state index in [2.05, 4.69) is 5.32 Å². The van der Waals surface area contributed by atoms with Crippen LogP contribution in [-0.4, -0.2) is 30.5 Å². The van der Waals surface area contributed by atoms with E-state index in [-0.39, 0.29) is 11.8 Å². The second-order valence-electron chi connectivity index (χ2n) is 6.16. The summed E-state index contributed by atoms with van der Waals surface area (Å²) in [5.41, 5.74) is 6.65. The minimum atomic E-state index is -0.775. The molecule has 6 nitrogen and oxygen atoms in total. The molecule has 118 valence electrons. The minimum Gasteiger partial charge on any atom is -0.479 e. The number of likely N-dealkylation sites (N-methyl/N-ethyl adjacent to an activating group) is 1. The summed E-state index contributed by atoms with van der Waals surface area (Å²) < 4.78 is 5.57. The molecule has 1 heterocycles. The molecule has 1 unspecified atom stereocenters. The van der Waals surface area contributed by atoms with E-state index < -0.39 is 11.6 Å². The number of hydrogen-bond donors (Lipinski definition) is 2. The van der Waals surface area contributed by atoms with Crippen LogP contribution in [-0.2, 0) is 9.59 Å². The number of anilines is 2. The standard InChI is InChI=1S/C16H21N3O3/c1-10-14(20)19(2)12-9-11(5-6-13(12)22-10)18-15(21)16(17)7-3-4-8-16/h5-6,9-10H,3-4,7-8,17H2,1-2H3,(H,18,21). The molecule has 1 fully saturated rings. The van der Waals surface area contributed by atoms with Gasteiger partial charge in [-0.1, -0.05) is 12.8 Å². The van der Waals surface area contributed by atoms with Crippen LogP contribution in [0.25, 0.3) is 0 Å². The number of carbonyl (C=O) groups excluding carboxylic acids is 2. The number of nitrogens with two attached hydrogens (primary N) is 1. The van der Waals surface area contributed by atoms with Crippen molar-refractivity contribution in [3.8, 4) is 5.75 Å². The van der Waals surface area contributed by atoms with Crippen LogP contribution in [0, 0.1) is 0 Å². The summed E-state index contributed by atoms with van der Waals surface area (Å²) in [4.78, 5) is 25.9. The maximum absolute atomic E-state index is 12.4. The third-order valence-corrected chi connectivity index (χ3v) is 4.51. The maximum atomic E-state index is 12.4. The Bertz CT molecular complexity index is 623. The number of carbonyl (C=O) groups is 2. The molecule has 1 atom stereocenters. The number of amides is 2. The first-order valence-corrected chi connectivity index (χ1v) is 7.59. The summed E-state index contributed by atoms with van der Waals surface area (Å²) in [6, 6.07) is 5.28. The van der Waals surface area contributed by atoms with Crippen LogP contribution in [0.4, 0.5) is 11.4 Å². The van der Waals surface area contributed by atoms with Gasteiger partial charge >= 0.3 is 0 Å². The van der Waals surface area contributed by atoms with E-state index in [4.69, 9.17) is 10.5 Å². The van der Waals surface area contributed by atoms with Gasteiger partial charge in [0.1, 0.15) is 5.75 Å². The second-order valence-corrected chi connectivity index (χ2v) is 6.16. The predicted octanol–water partition coefficient (Wildman–Crippen LogP) is 1.64. The summed E-state index contributed by atoms with van der Waals surface area (Å²) >= 11 is 0. The first-order chi connectivity index (χ1) is 10.4. The van der Waals surface area contributed by atoms with Crippen LogP contribution >= 0.6 is 0 Å². The molecule has 0 spiro atoms. The van der Waals surface area contributed by atoms with Gasteiger partial charge in [-0.25, -0.2) is 0 Å². The van der Waals surface area contributed by atoms with Gasteiger partial charge in [0.2, 0.25) is 5.91 Å². The van der Waals surface area contributed by atoms with Crippen molar-refractivity contribution in [3.63, 3.8) is 0 Å². The smallest absolute Gasteiger partial charge is 0.267 e. The third kappa shape index (κ3) is 2.43. The maximum Gasteiger partial charge on any atom is 0.267 e. The second kappa shape index (κ2) is 5.28. The molecular weight excluding hydrogens is 282 g/mol. The van der Waals surface area contributed by atoms with E-state index in [1.165, 1.54) is 0 Å². The molecule has 2 aliphatic rings. The van der Waals surface area contributed by atoms with Crippen LogP contribution in [0.2, 0.25) is 0 Å². The van der Waals surface area contributed by atoms with E-state index in [1.807, 2.05) is 0 Å². The molecule has 6 heteroatoms. The first kappa shape index (κ1) is 14.8. The highest BCUT2D eigenvalue weighted by molar-refractivity contribution is 6.02. The van der Waals surface area contributed by atoms with Crippen LogP contribution in [0.15, 0.2) is 18.2 Å². The van der Waals surface area contributed by atoms with Gasteiger partial charge in [-0.3, -0.25) is 9.59 Å². The number of fused-ring (bicyclic) bond motifs is 1. The Kier molecular flexibility index (Phi) is 3.56. The van der Waals surface area contributed by atoms with E-state index in [0.29, 0.717) is 30.0 Å². The summed E-state index contributed by atoms with van der Waals surface area (Å²) in [5, 5.41) is 2.86. The fourth-order valence-corrected chi connectivity index (χ4v) is 3.08. The lowest BCUT2D eigenvalue weighted by Crippen LogP contribution is -2.48. The number of ether oxygens (including phenoxy) is 1. The Balaban J connectivity index is 1.82. The lowest BCUT2D eigenvalue weighted by molar-refractivity contribution is -0.125. The van der Waals surface area contributed by atoms with Crippen molar-refractivity contribution in [1.82, 2.24) is 0 Å². The lowest BCUT2D eigenvalue weighted by atomic mass is 9.98. The van der Waals surface area contributed by atoms with Crippen LogP contribution in [0.5, 0.6) is 5.75 Å². The molecule has 3 rings (SSSR count). The van der Waals surface area contributed by atoms with Crippen molar-refractivity contribution < 1.29 is 14.3 Å². The Morgan fingerprint density at radius 2 is 2.09 bits per heavy atom. The zero-order chi connectivity index (χ0) is 15.9. The number of rotatable bonds is 2. The molecule has 1 aromatic carbocycles. The van der Waals surface area contributed by atoms with E-state index >= 15 is 0 Å². The van der Waals surface area contributed by atoms with Crippen LogP contribution < -0.4 is 20.7 Å². The highest BCUT2D eigenvalue weighted by Gasteiger charge is 2.37. The zero-order valence-electron chi connectivity index (χ0n) is 12.9. The van der Waals surface area contributed by atoms with Gasteiger partial charge in [0.15, 0.2) is 6.10 Å². The van der Waals surface area contributed by atoms with Gasteiger partial charge in [-0.2, -0.15) is 0 Å². The molecule has 1 aromatic rings. The molecule has 1 aliphatic carbocycles. The fraction of sp³-hybridized carbons (Fsp3) is 0.500. The monoisotopic (exact) mass is 303 g/mol. The average molecular weight is 303 g/mol. The third-order valence-electron chi connectivity index (χ3n) is 4.51. The summed E-state index contributed by atoms with van der Waals surface area (Å²) in [6.45, 7) is 1.72. The van der Waals surface area contributed by atoms with E-state index in [0.717, 1.165) is 12.8 Å². The molecule has 1 aliphatic heterocycles. The normalized spacial score (nSPS) is 23.0. The van der Waals surface area contributed by atoms with Gasteiger partial charge in [0.25, 0.3) is 5.91 Å². The largest absolute Gasteiger partial charge is 0.479 e. The Morgan fingerprint density at radius 3 is 2.77 bits per heavy atom. The van der Waals surface area contributed by atoms with Crippen molar-refractivity contribution in [3.05, 3.63) is 18.2 Å². The van der Waals surface area contributed by atoms with Crippen molar-refractivity contribution >= 4 is 23.2 Å². The van der Waals surface area contributed by atoms with Crippen molar-refractivity contribution in [2.45, 2.75) is 44.2 Å². The lowest BCUT2D eigenvalue weighted by Gasteiger charge is -2.31. The van der Waals surface area contributed by atoms with E-state index in [1.54, 1.807) is 37.1 Å². The molecule has 3 N–H and O–H groups in total. The van der Waals surface area contributed by atoms with Gasteiger partial charge in [-0.05, 0) is 38.0 Å². The fourth-order valence-electron chi connectivity index (χ4n) is 3.08. The average Bonchev–Trinajstić information content (AvgIpc) is 2.94. The van der Waals surface area contributed by atoms with Crippen LogP contribution in [0.1, 0.15) is 32.6 Å². The van der Waals surface area contributed by atoms with Gasteiger partial charge in [0, 0.05) is 12.7 Å². The topological polar surface area (TPSA) is 84.7 Å². The molecular formula is C16H21N3O3. The minimum absolute atomic E-state index is 0.109. The molecule has 22 heavy (non-hydrogen) atoms. The number of nitrogens with zero attached hydrogens (tertiary/aromatic N) is 1. The summed E-state index contributed by atoms with van der Waals surface area (Å²) in [5.74, 6) is 0.363. The summed E-state index contributed by atoms with van der Waals surface area (Å²) in [7, 11) is 1.70. The number of benzene rings is 1. The quantitative estimate of drug-likeness (QED) is 0.870. The molecule has 0 saturated heterocycles. The molecule has 0 radical (unpaired) electrons. The van der Waals surface area contributed by atoms with Gasteiger partial charge in [0.05, 0.1) is 11.2 Å². The highest BCUT2D eigenvalue weighted by atomic mass is 16.5. The number of nitrogens with one attached hydrogen (secondary N) is 1. The predicted molar refractivity (Wildman–Crippen MR) is 84.0 cm³/mol. The Labute approximate surface area is 129 Å². The van der Waals surface area contributed by atoms with Crippen LogP contribution in [0.3, 0.4) is 0 Å². The van der Waals surface area contributed by atoms with Gasteiger partial charge in [-0.15, -0.1) is 0 Å². The zero-order valence-corrected chi connectivity index (χ0v) is 12.9. The summed E-state index contributed by atoms with van der Waals surface area (Å²) in [6.07, 6.45) is 2.89. The van der Waals surface area contributed by atoms with Gasteiger partial charge < -0.3 is 20.7 Å². The van der Waals surface area contributed by atoms with Crippen molar-refractivity contribution in [2.75, 3.05) is 17.3 Å². The molecule has 1 saturated carbocycles. The molecule has 0 aromatic heterocycles. The van der Waals surface area contributed by atoms with Crippen molar-refractivity contribution in [2.24, 2.45) is 5.73 Å². The highest BCUT2D eigenvalue weighted by Crippen LogP contribution is 2.36. The van der Waals surface area contributed by atoms with E-state index in [9.17, 15) is 9.59 Å². The molecule has 0 bridgehead atoms. The Hall–Kier alpha value is -2.08. The van der Waals surface area contributed by atoms with Crippen molar-refractivity contribution in [1.29, 1.82) is 0 Å². The Morgan fingerprint density at radius 1 is 1.41 bits per heavy atom. The number of hydrogen-bond acceptors (Lipinski definition) is 4. The SMILES string of the molecule is CC1Oc2ccc(NC(=O)C3(N)CCCC3)cc2N(C)C1=O.